The van der Waals surface area contributed by atoms with E-state index in [9.17, 15) is 9.59 Å². The molecule has 0 spiro atoms. The first-order chi connectivity index (χ1) is 15.1. The molecule has 0 saturated carbocycles. The second kappa shape index (κ2) is 10.0. The molecule has 2 aromatic heterocycles. The summed E-state index contributed by atoms with van der Waals surface area (Å²) in [5.41, 5.74) is 2.60. The number of rotatable bonds is 8. The summed E-state index contributed by atoms with van der Waals surface area (Å²) in [6.45, 7) is 2.01. The molecule has 0 bridgehead atoms. The van der Waals surface area contributed by atoms with Crippen molar-refractivity contribution in [3.8, 4) is 0 Å². The fourth-order valence-corrected chi connectivity index (χ4v) is 5.55. The Morgan fingerprint density at radius 3 is 2.71 bits per heavy atom. The quantitative estimate of drug-likeness (QED) is 0.328. The third-order valence-corrected chi connectivity index (χ3v) is 7.42. The van der Waals surface area contributed by atoms with Gasteiger partial charge in [-0.2, -0.15) is 0 Å². The minimum Gasteiger partial charge on any atom is -0.326 e. The number of hydrogen-bond acceptors (Lipinski definition) is 7. The molecule has 9 heteroatoms. The molecular formula is C22H20N4O2S3. The molecule has 2 amide bonds. The van der Waals surface area contributed by atoms with E-state index in [1.807, 2.05) is 60.8 Å². The molecule has 1 atom stereocenters. The van der Waals surface area contributed by atoms with Crippen LogP contribution in [0.25, 0.3) is 10.2 Å². The second-order valence-electron chi connectivity index (χ2n) is 6.70. The van der Waals surface area contributed by atoms with E-state index in [0.717, 1.165) is 32.2 Å². The predicted octanol–water partition coefficient (Wildman–Crippen LogP) is 5.62. The highest BCUT2D eigenvalue weighted by molar-refractivity contribution is 8.01. The van der Waals surface area contributed by atoms with Crippen molar-refractivity contribution in [2.75, 3.05) is 16.4 Å². The molecule has 2 heterocycles. The van der Waals surface area contributed by atoms with Crippen molar-refractivity contribution in [1.29, 1.82) is 0 Å². The summed E-state index contributed by atoms with van der Waals surface area (Å²) in [7, 11) is 0. The van der Waals surface area contributed by atoms with E-state index < -0.39 is 0 Å². The Balaban J connectivity index is 1.40. The zero-order valence-corrected chi connectivity index (χ0v) is 19.2. The predicted molar refractivity (Wildman–Crippen MR) is 129 cm³/mol. The van der Waals surface area contributed by atoms with Gasteiger partial charge in [0.2, 0.25) is 11.8 Å². The molecule has 0 fully saturated rings. The SMILES string of the molecule is CC[C@@H](C(=O)Nc1ccc2nc(SCC(=O)Nc3nccs3)sc2c1)c1ccccc1. The smallest absolute Gasteiger partial charge is 0.236 e. The van der Waals surface area contributed by atoms with Gasteiger partial charge >= 0.3 is 0 Å². The van der Waals surface area contributed by atoms with Gasteiger partial charge in [0.1, 0.15) is 0 Å². The van der Waals surface area contributed by atoms with Crippen LogP contribution in [-0.2, 0) is 9.59 Å². The molecular weight excluding hydrogens is 448 g/mol. The second-order valence-corrected chi connectivity index (χ2v) is 9.84. The largest absolute Gasteiger partial charge is 0.326 e. The summed E-state index contributed by atoms with van der Waals surface area (Å²) >= 11 is 4.28. The van der Waals surface area contributed by atoms with Gasteiger partial charge in [0.15, 0.2) is 9.47 Å². The normalized spacial score (nSPS) is 11.9. The number of carbonyl (C=O) groups excluding carboxylic acids is 2. The molecule has 158 valence electrons. The van der Waals surface area contributed by atoms with Crippen LogP contribution in [0, 0.1) is 0 Å². The van der Waals surface area contributed by atoms with E-state index in [-0.39, 0.29) is 23.5 Å². The molecule has 31 heavy (non-hydrogen) atoms. The van der Waals surface area contributed by atoms with Gasteiger partial charge in [-0.1, -0.05) is 49.0 Å². The van der Waals surface area contributed by atoms with Crippen LogP contribution in [0.3, 0.4) is 0 Å². The van der Waals surface area contributed by atoms with E-state index in [1.165, 1.54) is 34.4 Å². The number of carbonyl (C=O) groups is 2. The Hall–Kier alpha value is -2.75. The third-order valence-electron chi connectivity index (χ3n) is 4.57. The van der Waals surface area contributed by atoms with Crippen molar-refractivity contribution < 1.29 is 9.59 Å². The van der Waals surface area contributed by atoms with E-state index in [0.29, 0.717) is 5.13 Å². The lowest BCUT2D eigenvalue weighted by atomic mass is 9.95. The Kier molecular flexibility index (Phi) is 6.96. The van der Waals surface area contributed by atoms with Gasteiger partial charge in [0.25, 0.3) is 0 Å². The van der Waals surface area contributed by atoms with Crippen molar-refractivity contribution in [3.05, 3.63) is 65.7 Å². The van der Waals surface area contributed by atoms with Crippen LogP contribution in [-0.4, -0.2) is 27.5 Å². The Labute approximate surface area is 192 Å². The molecule has 0 saturated heterocycles. The molecule has 0 unspecified atom stereocenters. The first-order valence-electron chi connectivity index (χ1n) is 9.71. The summed E-state index contributed by atoms with van der Waals surface area (Å²) in [6.07, 6.45) is 2.38. The van der Waals surface area contributed by atoms with Crippen LogP contribution in [0.2, 0.25) is 0 Å². The molecule has 2 aromatic carbocycles. The average molecular weight is 469 g/mol. The third kappa shape index (κ3) is 5.49. The lowest BCUT2D eigenvalue weighted by Crippen LogP contribution is -2.20. The molecule has 2 N–H and O–H groups in total. The van der Waals surface area contributed by atoms with Gasteiger partial charge in [-0.25, -0.2) is 9.97 Å². The van der Waals surface area contributed by atoms with E-state index >= 15 is 0 Å². The van der Waals surface area contributed by atoms with Crippen molar-refractivity contribution in [2.24, 2.45) is 0 Å². The molecule has 4 aromatic rings. The van der Waals surface area contributed by atoms with Gasteiger partial charge in [-0.05, 0) is 30.2 Å². The fraction of sp³-hybridized carbons (Fsp3) is 0.182. The standard InChI is InChI=1S/C22H20N4O2S3/c1-2-16(14-6-4-3-5-7-14)20(28)24-15-8-9-17-18(12-15)31-22(25-17)30-13-19(27)26-21-23-10-11-29-21/h3-12,16H,2,13H2,1H3,(H,24,28)(H,23,26,27)/t16-/m1/s1. The van der Waals surface area contributed by atoms with Crippen molar-refractivity contribution in [3.63, 3.8) is 0 Å². The number of nitrogens with zero attached hydrogens (tertiary/aromatic N) is 2. The Morgan fingerprint density at radius 1 is 1.13 bits per heavy atom. The maximum Gasteiger partial charge on any atom is 0.236 e. The van der Waals surface area contributed by atoms with E-state index in [1.54, 1.807) is 6.20 Å². The molecule has 6 nitrogen and oxygen atoms in total. The first kappa shape index (κ1) is 21.5. The minimum atomic E-state index is -0.194. The summed E-state index contributed by atoms with van der Waals surface area (Å²) in [5, 5.41) is 8.20. The highest BCUT2D eigenvalue weighted by Crippen LogP contribution is 2.32. The van der Waals surface area contributed by atoms with E-state index in [2.05, 4.69) is 20.6 Å². The molecule has 0 aliphatic carbocycles. The number of benzene rings is 2. The maximum atomic E-state index is 12.8. The number of hydrogen-bond donors (Lipinski definition) is 2. The lowest BCUT2D eigenvalue weighted by molar-refractivity contribution is -0.117. The topological polar surface area (TPSA) is 84.0 Å². The van der Waals surface area contributed by atoms with E-state index in [4.69, 9.17) is 0 Å². The van der Waals surface area contributed by atoms with Gasteiger partial charge in [-0.3, -0.25) is 9.59 Å². The highest BCUT2D eigenvalue weighted by atomic mass is 32.2. The molecule has 4 rings (SSSR count). The van der Waals surface area contributed by atoms with Crippen LogP contribution in [0.5, 0.6) is 0 Å². The Morgan fingerprint density at radius 2 is 1.97 bits per heavy atom. The van der Waals surface area contributed by atoms with Gasteiger partial charge in [-0.15, -0.1) is 22.7 Å². The molecule has 0 aliphatic rings. The molecule has 0 radical (unpaired) electrons. The summed E-state index contributed by atoms with van der Waals surface area (Å²) in [6, 6.07) is 15.5. The summed E-state index contributed by atoms with van der Waals surface area (Å²) < 4.78 is 1.77. The van der Waals surface area contributed by atoms with Crippen LogP contribution < -0.4 is 10.6 Å². The van der Waals surface area contributed by atoms with Crippen molar-refractivity contribution >= 4 is 67.3 Å². The van der Waals surface area contributed by atoms with Crippen LogP contribution in [0.15, 0.2) is 64.4 Å². The number of anilines is 2. The van der Waals surface area contributed by atoms with Gasteiger partial charge in [0.05, 0.1) is 21.9 Å². The zero-order chi connectivity index (χ0) is 21.6. The van der Waals surface area contributed by atoms with Crippen molar-refractivity contribution in [1.82, 2.24) is 9.97 Å². The number of amides is 2. The minimum absolute atomic E-state index is 0.0222. The Bertz CT molecular complexity index is 1180. The summed E-state index contributed by atoms with van der Waals surface area (Å²) in [5.74, 6) is -0.0661. The number of nitrogens with one attached hydrogen (secondary N) is 2. The zero-order valence-electron chi connectivity index (χ0n) is 16.7. The highest BCUT2D eigenvalue weighted by Gasteiger charge is 2.19. The van der Waals surface area contributed by atoms with Gasteiger partial charge < -0.3 is 10.6 Å². The lowest BCUT2D eigenvalue weighted by Gasteiger charge is -2.15. The fourth-order valence-electron chi connectivity index (χ4n) is 3.10. The number of thiazole rings is 2. The van der Waals surface area contributed by atoms with Crippen LogP contribution >= 0.6 is 34.4 Å². The average Bonchev–Trinajstić information content (AvgIpc) is 3.42. The number of fused-ring (bicyclic) bond motifs is 1. The molecule has 0 aliphatic heterocycles. The van der Waals surface area contributed by atoms with Crippen LogP contribution in [0.4, 0.5) is 10.8 Å². The first-order valence-corrected chi connectivity index (χ1v) is 12.4. The van der Waals surface area contributed by atoms with Crippen molar-refractivity contribution in [2.45, 2.75) is 23.6 Å². The monoisotopic (exact) mass is 468 g/mol. The van der Waals surface area contributed by atoms with Gasteiger partial charge in [0, 0.05) is 17.3 Å². The number of thioether (sulfide) groups is 1. The maximum absolute atomic E-state index is 12.8. The van der Waals surface area contributed by atoms with Crippen LogP contribution in [0.1, 0.15) is 24.8 Å². The number of aromatic nitrogens is 2. The summed E-state index contributed by atoms with van der Waals surface area (Å²) in [4.78, 5) is 33.5.